The van der Waals surface area contributed by atoms with Crippen molar-refractivity contribution in [1.29, 1.82) is 0 Å². The topological polar surface area (TPSA) is 35.5 Å². The Balaban J connectivity index is 1.82. The first kappa shape index (κ1) is 15.1. The summed E-state index contributed by atoms with van der Waals surface area (Å²) < 4.78 is 10.8. The fraction of sp³-hybridized carbons (Fsp3) is 0.278. The van der Waals surface area contributed by atoms with Crippen molar-refractivity contribution in [2.75, 3.05) is 13.2 Å². The number of ether oxygens (including phenoxy) is 2. The smallest absolute Gasteiger partial charge is 0.341 e. The maximum absolute atomic E-state index is 12.0. The molecule has 0 radical (unpaired) electrons. The van der Waals surface area contributed by atoms with Crippen molar-refractivity contribution >= 4 is 5.97 Å². The first-order valence-corrected chi connectivity index (χ1v) is 7.24. The molecule has 0 aliphatic heterocycles. The van der Waals surface area contributed by atoms with Crippen molar-refractivity contribution in [1.82, 2.24) is 0 Å². The van der Waals surface area contributed by atoms with Gasteiger partial charge < -0.3 is 9.47 Å². The molecule has 0 atom stereocenters. The number of carbonyl (C=O) groups excluding carboxylic acids is 1. The van der Waals surface area contributed by atoms with E-state index in [0.717, 1.165) is 12.8 Å². The van der Waals surface area contributed by atoms with Crippen molar-refractivity contribution in [3.8, 4) is 5.75 Å². The zero-order chi connectivity index (χ0) is 14.9. The molecule has 2 aromatic rings. The first-order valence-electron chi connectivity index (χ1n) is 7.24. The molecule has 2 aromatic carbocycles. The molecule has 3 nitrogen and oxygen atoms in total. The average molecular weight is 284 g/mol. The number of hydrogen-bond acceptors (Lipinski definition) is 3. The third-order valence-corrected chi connectivity index (χ3v) is 3.09. The molecular formula is C18H20O3. The van der Waals surface area contributed by atoms with Gasteiger partial charge in [-0.25, -0.2) is 4.79 Å². The number of esters is 1. The SMILES string of the molecule is CCOc1ccccc1C(=O)OCCCc1ccccc1. The lowest BCUT2D eigenvalue weighted by Crippen LogP contribution is -2.09. The molecule has 0 aromatic heterocycles. The van der Waals surface area contributed by atoms with Gasteiger partial charge >= 0.3 is 5.97 Å². The Kier molecular flexibility index (Phi) is 5.83. The van der Waals surface area contributed by atoms with Gasteiger partial charge in [-0.3, -0.25) is 0 Å². The molecule has 0 unspecified atom stereocenters. The Hall–Kier alpha value is -2.29. The van der Waals surface area contributed by atoms with Crippen LogP contribution < -0.4 is 4.74 Å². The summed E-state index contributed by atoms with van der Waals surface area (Å²) in [6, 6.07) is 17.3. The summed E-state index contributed by atoms with van der Waals surface area (Å²) in [5, 5.41) is 0. The highest BCUT2D eigenvalue weighted by Crippen LogP contribution is 2.19. The Morgan fingerprint density at radius 2 is 1.71 bits per heavy atom. The number of hydrogen-bond donors (Lipinski definition) is 0. The van der Waals surface area contributed by atoms with Crippen molar-refractivity contribution in [3.63, 3.8) is 0 Å². The summed E-state index contributed by atoms with van der Waals surface area (Å²) in [5.41, 5.74) is 1.74. The normalized spacial score (nSPS) is 10.1. The Bertz CT molecular complexity index is 564. The lowest BCUT2D eigenvalue weighted by molar-refractivity contribution is 0.0496. The minimum atomic E-state index is -0.327. The lowest BCUT2D eigenvalue weighted by atomic mass is 10.1. The standard InChI is InChI=1S/C18H20O3/c1-2-20-17-13-7-6-12-16(17)18(19)21-14-8-11-15-9-4-3-5-10-15/h3-7,9-10,12-13H,2,8,11,14H2,1H3. The van der Waals surface area contributed by atoms with E-state index in [2.05, 4.69) is 12.1 Å². The van der Waals surface area contributed by atoms with Gasteiger partial charge in [0.15, 0.2) is 0 Å². The van der Waals surface area contributed by atoms with Gasteiger partial charge in [-0.1, -0.05) is 42.5 Å². The molecule has 0 N–H and O–H groups in total. The zero-order valence-electron chi connectivity index (χ0n) is 12.2. The van der Waals surface area contributed by atoms with E-state index in [9.17, 15) is 4.79 Å². The van der Waals surface area contributed by atoms with Crippen LogP contribution in [0.3, 0.4) is 0 Å². The van der Waals surface area contributed by atoms with Gasteiger partial charge in [0, 0.05) is 0 Å². The van der Waals surface area contributed by atoms with Crippen LogP contribution in [0.15, 0.2) is 54.6 Å². The quantitative estimate of drug-likeness (QED) is 0.572. The van der Waals surface area contributed by atoms with E-state index in [-0.39, 0.29) is 5.97 Å². The van der Waals surface area contributed by atoms with Crippen LogP contribution in [0.4, 0.5) is 0 Å². The molecule has 0 fully saturated rings. The summed E-state index contributed by atoms with van der Waals surface area (Å²) in [6.45, 7) is 2.83. The van der Waals surface area contributed by atoms with Gasteiger partial charge in [0.1, 0.15) is 11.3 Å². The summed E-state index contributed by atoms with van der Waals surface area (Å²) in [5.74, 6) is 0.250. The van der Waals surface area contributed by atoms with Crippen molar-refractivity contribution in [2.24, 2.45) is 0 Å². The maximum Gasteiger partial charge on any atom is 0.341 e. The van der Waals surface area contributed by atoms with Gasteiger partial charge in [-0.2, -0.15) is 0 Å². The van der Waals surface area contributed by atoms with Crippen molar-refractivity contribution in [2.45, 2.75) is 19.8 Å². The van der Waals surface area contributed by atoms with E-state index in [1.807, 2.05) is 37.3 Å². The van der Waals surface area contributed by atoms with Crippen LogP contribution >= 0.6 is 0 Å². The zero-order valence-corrected chi connectivity index (χ0v) is 12.2. The molecule has 110 valence electrons. The van der Waals surface area contributed by atoms with Crippen LogP contribution in [0, 0.1) is 0 Å². The number of rotatable bonds is 7. The van der Waals surface area contributed by atoms with E-state index >= 15 is 0 Å². The van der Waals surface area contributed by atoms with Gasteiger partial charge in [0.25, 0.3) is 0 Å². The number of carbonyl (C=O) groups is 1. The molecule has 0 aliphatic carbocycles. The summed E-state index contributed by atoms with van der Waals surface area (Å²) >= 11 is 0. The molecule has 3 heteroatoms. The molecule has 0 saturated carbocycles. The van der Waals surface area contributed by atoms with Gasteiger partial charge in [0.2, 0.25) is 0 Å². The van der Waals surface area contributed by atoms with Crippen LogP contribution in [0.2, 0.25) is 0 Å². The third kappa shape index (κ3) is 4.63. The minimum Gasteiger partial charge on any atom is -0.493 e. The van der Waals surface area contributed by atoms with Gasteiger partial charge in [-0.05, 0) is 37.5 Å². The molecule has 0 aliphatic rings. The van der Waals surface area contributed by atoms with Crippen LogP contribution in [0.25, 0.3) is 0 Å². The molecule has 0 amide bonds. The van der Waals surface area contributed by atoms with Crippen LogP contribution in [-0.4, -0.2) is 19.2 Å². The number of aryl methyl sites for hydroxylation is 1. The maximum atomic E-state index is 12.0. The highest BCUT2D eigenvalue weighted by molar-refractivity contribution is 5.92. The largest absolute Gasteiger partial charge is 0.493 e. The molecule has 0 saturated heterocycles. The van der Waals surface area contributed by atoms with Gasteiger partial charge in [-0.15, -0.1) is 0 Å². The Labute approximate surface area is 125 Å². The summed E-state index contributed by atoms with van der Waals surface area (Å²) in [4.78, 5) is 12.0. The molecule has 0 heterocycles. The van der Waals surface area contributed by atoms with E-state index in [1.165, 1.54) is 5.56 Å². The summed E-state index contributed by atoms with van der Waals surface area (Å²) in [6.07, 6.45) is 1.72. The molecule has 0 spiro atoms. The second-order valence-corrected chi connectivity index (χ2v) is 4.65. The monoisotopic (exact) mass is 284 g/mol. The van der Waals surface area contributed by atoms with Crippen LogP contribution in [-0.2, 0) is 11.2 Å². The lowest BCUT2D eigenvalue weighted by Gasteiger charge is -2.09. The number of para-hydroxylation sites is 1. The third-order valence-electron chi connectivity index (χ3n) is 3.09. The Morgan fingerprint density at radius 1 is 1.00 bits per heavy atom. The van der Waals surface area contributed by atoms with E-state index in [0.29, 0.717) is 24.5 Å². The van der Waals surface area contributed by atoms with E-state index in [4.69, 9.17) is 9.47 Å². The minimum absolute atomic E-state index is 0.327. The van der Waals surface area contributed by atoms with E-state index < -0.39 is 0 Å². The van der Waals surface area contributed by atoms with Crippen LogP contribution in [0.5, 0.6) is 5.75 Å². The predicted molar refractivity (Wildman–Crippen MR) is 82.7 cm³/mol. The van der Waals surface area contributed by atoms with Crippen molar-refractivity contribution < 1.29 is 14.3 Å². The summed E-state index contributed by atoms with van der Waals surface area (Å²) in [7, 11) is 0. The van der Waals surface area contributed by atoms with E-state index in [1.54, 1.807) is 12.1 Å². The fourth-order valence-electron chi connectivity index (χ4n) is 2.08. The second kappa shape index (κ2) is 8.10. The molecular weight excluding hydrogens is 264 g/mol. The second-order valence-electron chi connectivity index (χ2n) is 4.65. The molecule has 0 bridgehead atoms. The Morgan fingerprint density at radius 3 is 2.48 bits per heavy atom. The fourth-order valence-corrected chi connectivity index (χ4v) is 2.08. The number of benzene rings is 2. The predicted octanol–water partition coefficient (Wildman–Crippen LogP) is 3.87. The van der Waals surface area contributed by atoms with Crippen LogP contribution in [0.1, 0.15) is 29.3 Å². The highest BCUT2D eigenvalue weighted by atomic mass is 16.5. The molecule has 21 heavy (non-hydrogen) atoms. The van der Waals surface area contributed by atoms with Gasteiger partial charge in [0.05, 0.1) is 13.2 Å². The highest BCUT2D eigenvalue weighted by Gasteiger charge is 2.12. The molecule has 2 rings (SSSR count). The van der Waals surface area contributed by atoms with Crippen molar-refractivity contribution in [3.05, 3.63) is 65.7 Å². The average Bonchev–Trinajstić information content (AvgIpc) is 2.53. The first-order chi connectivity index (χ1) is 10.3.